The molecule has 108 valence electrons. The molecule has 0 amide bonds. The minimum Gasteiger partial charge on any atom is -0.490 e. The van der Waals surface area contributed by atoms with Crippen LogP contribution in [0.5, 0.6) is 5.75 Å². The molecule has 19 heavy (non-hydrogen) atoms. The normalized spacial score (nSPS) is 11.8. The Morgan fingerprint density at radius 2 is 2.00 bits per heavy atom. The van der Waals surface area contributed by atoms with Crippen LogP contribution in [0.4, 0.5) is 18.9 Å². The predicted molar refractivity (Wildman–Crippen MR) is 65.9 cm³/mol. The van der Waals surface area contributed by atoms with Gasteiger partial charge in [-0.25, -0.2) is 0 Å². The smallest absolute Gasteiger partial charge is 0.417 e. The first kappa shape index (κ1) is 15.9. The van der Waals surface area contributed by atoms with E-state index >= 15 is 0 Å². The lowest BCUT2D eigenvalue weighted by molar-refractivity contribution is -0.137. The van der Waals surface area contributed by atoms with Crippen LogP contribution in [0.25, 0.3) is 0 Å². The molecule has 0 spiro atoms. The molecule has 0 aromatic heterocycles. The molecular weight excluding hydrogens is 285 g/mol. The van der Waals surface area contributed by atoms with Crippen molar-refractivity contribution in [1.82, 2.24) is 4.90 Å². The molecule has 0 heterocycles. The molecular formula is C11H14ClF3N2O2. The van der Waals surface area contributed by atoms with Crippen LogP contribution in [0.2, 0.25) is 5.02 Å². The van der Waals surface area contributed by atoms with Gasteiger partial charge in [-0.05, 0) is 20.2 Å². The number of anilines is 1. The molecule has 1 aromatic rings. The molecule has 0 bridgehead atoms. The van der Waals surface area contributed by atoms with Crippen molar-refractivity contribution >= 4 is 17.3 Å². The van der Waals surface area contributed by atoms with Gasteiger partial charge in [-0.2, -0.15) is 13.2 Å². The van der Waals surface area contributed by atoms with Gasteiger partial charge in [0.1, 0.15) is 18.0 Å². The molecule has 1 aromatic carbocycles. The monoisotopic (exact) mass is 298 g/mol. The number of hydrogen-bond acceptors (Lipinski definition) is 4. The molecule has 0 atom stereocenters. The first-order valence-electron chi connectivity index (χ1n) is 5.34. The molecule has 2 N–H and O–H groups in total. The van der Waals surface area contributed by atoms with Gasteiger partial charge in [0.15, 0.2) is 0 Å². The Morgan fingerprint density at radius 1 is 1.37 bits per heavy atom. The fourth-order valence-electron chi connectivity index (χ4n) is 1.32. The van der Waals surface area contributed by atoms with E-state index in [9.17, 15) is 13.2 Å². The second-order valence-corrected chi connectivity index (χ2v) is 4.50. The van der Waals surface area contributed by atoms with Crippen LogP contribution in [-0.2, 0) is 6.18 Å². The van der Waals surface area contributed by atoms with Crippen molar-refractivity contribution in [3.05, 3.63) is 22.7 Å². The molecule has 0 aliphatic carbocycles. The van der Waals surface area contributed by atoms with Crippen molar-refractivity contribution in [2.75, 3.05) is 32.7 Å². The Hall–Kier alpha value is -1.18. The van der Waals surface area contributed by atoms with Crippen molar-refractivity contribution in [2.24, 2.45) is 0 Å². The van der Waals surface area contributed by atoms with Crippen molar-refractivity contribution < 1.29 is 23.1 Å². The number of alkyl halides is 3. The topological polar surface area (TPSA) is 44.7 Å². The largest absolute Gasteiger partial charge is 0.490 e. The Morgan fingerprint density at radius 3 is 2.47 bits per heavy atom. The number of nitrogens with one attached hydrogen (secondary N) is 1. The SMILES string of the molecule is CN(C)CCOc1cc(Cl)c(C(F)(F)F)cc1NO. The number of halogens is 4. The summed E-state index contributed by atoms with van der Waals surface area (Å²) in [5.41, 5.74) is 0.455. The van der Waals surface area contributed by atoms with Gasteiger partial charge in [0.2, 0.25) is 0 Å². The zero-order chi connectivity index (χ0) is 14.6. The lowest BCUT2D eigenvalue weighted by Crippen LogP contribution is -2.19. The highest BCUT2D eigenvalue weighted by Gasteiger charge is 2.34. The summed E-state index contributed by atoms with van der Waals surface area (Å²) in [6, 6.07) is 1.73. The standard InChI is InChI=1S/C11H14ClF3N2O2/c1-17(2)3-4-19-10-6-8(12)7(11(13,14)15)5-9(10)16-18/h5-6,16,18H,3-4H2,1-2H3. The first-order chi connectivity index (χ1) is 8.75. The number of benzene rings is 1. The Balaban J connectivity index is 2.97. The second kappa shape index (κ2) is 6.31. The summed E-state index contributed by atoms with van der Waals surface area (Å²) in [6.07, 6.45) is -4.59. The third kappa shape index (κ3) is 4.45. The quantitative estimate of drug-likeness (QED) is 0.820. The second-order valence-electron chi connectivity index (χ2n) is 4.09. The van der Waals surface area contributed by atoms with E-state index in [4.69, 9.17) is 21.5 Å². The van der Waals surface area contributed by atoms with Gasteiger partial charge in [-0.3, -0.25) is 10.7 Å². The van der Waals surface area contributed by atoms with Crippen LogP contribution in [-0.4, -0.2) is 37.4 Å². The summed E-state index contributed by atoms with van der Waals surface area (Å²) in [5.74, 6) is 0.0577. The van der Waals surface area contributed by atoms with Gasteiger partial charge in [0, 0.05) is 12.6 Å². The van der Waals surface area contributed by atoms with Gasteiger partial charge < -0.3 is 9.64 Å². The van der Waals surface area contributed by atoms with Gasteiger partial charge in [0.05, 0.1) is 10.6 Å². The summed E-state index contributed by atoms with van der Waals surface area (Å²) in [5, 5.41) is 8.38. The highest BCUT2D eigenvalue weighted by atomic mass is 35.5. The summed E-state index contributed by atoms with van der Waals surface area (Å²) >= 11 is 5.56. The van der Waals surface area contributed by atoms with Gasteiger partial charge in [0.25, 0.3) is 0 Å². The number of rotatable bonds is 5. The number of ether oxygens (including phenoxy) is 1. The third-order valence-corrected chi connectivity index (χ3v) is 2.60. The summed E-state index contributed by atoms with van der Waals surface area (Å²) < 4.78 is 43.1. The summed E-state index contributed by atoms with van der Waals surface area (Å²) in [4.78, 5) is 1.84. The lowest BCUT2D eigenvalue weighted by atomic mass is 10.2. The Kier molecular flexibility index (Phi) is 5.28. The highest BCUT2D eigenvalue weighted by Crippen LogP contribution is 2.40. The molecule has 0 aliphatic heterocycles. The number of likely N-dealkylation sites (N-methyl/N-ethyl adjacent to an activating group) is 1. The highest BCUT2D eigenvalue weighted by molar-refractivity contribution is 6.31. The molecule has 0 saturated carbocycles. The Labute approximate surface area is 113 Å². The zero-order valence-electron chi connectivity index (χ0n) is 10.4. The van der Waals surface area contributed by atoms with Crippen molar-refractivity contribution in [3.63, 3.8) is 0 Å². The van der Waals surface area contributed by atoms with Crippen LogP contribution in [0.3, 0.4) is 0 Å². The van der Waals surface area contributed by atoms with Crippen LogP contribution in [0.1, 0.15) is 5.56 Å². The molecule has 1 rings (SSSR count). The molecule has 0 saturated heterocycles. The van der Waals surface area contributed by atoms with Gasteiger partial charge in [-0.15, -0.1) is 0 Å². The average molecular weight is 299 g/mol. The van der Waals surface area contributed by atoms with E-state index in [2.05, 4.69) is 0 Å². The van der Waals surface area contributed by atoms with E-state index in [1.807, 2.05) is 19.0 Å². The lowest BCUT2D eigenvalue weighted by Gasteiger charge is -2.16. The molecule has 0 fully saturated rings. The fraction of sp³-hybridized carbons (Fsp3) is 0.455. The summed E-state index contributed by atoms with van der Waals surface area (Å²) in [6.45, 7) is 0.826. The van der Waals surface area contributed by atoms with E-state index < -0.39 is 16.8 Å². The van der Waals surface area contributed by atoms with Crippen molar-refractivity contribution in [2.45, 2.75) is 6.18 Å². The average Bonchev–Trinajstić information content (AvgIpc) is 2.27. The summed E-state index contributed by atoms with van der Waals surface area (Å²) in [7, 11) is 3.66. The Bertz CT molecular complexity index is 439. The molecule has 0 radical (unpaired) electrons. The van der Waals surface area contributed by atoms with E-state index in [1.54, 1.807) is 5.48 Å². The fourth-order valence-corrected chi connectivity index (χ4v) is 1.58. The maximum absolute atomic E-state index is 12.6. The van der Waals surface area contributed by atoms with Crippen LogP contribution < -0.4 is 10.2 Å². The van der Waals surface area contributed by atoms with Crippen LogP contribution >= 0.6 is 11.6 Å². The van der Waals surface area contributed by atoms with Crippen LogP contribution in [0.15, 0.2) is 12.1 Å². The van der Waals surface area contributed by atoms with E-state index in [-0.39, 0.29) is 18.0 Å². The zero-order valence-corrected chi connectivity index (χ0v) is 11.1. The van der Waals surface area contributed by atoms with E-state index in [1.165, 1.54) is 0 Å². The number of nitrogens with zero attached hydrogens (tertiary/aromatic N) is 1. The van der Waals surface area contributed by atoms with E-state index in [0.29, 0.717) is 12.6 Å². The van der Waals surface area contributed by atoms with Gasteiger partial charge >= 0.3 is 6.18 Å². The van der Waals surface area contributed by atoms with Gasteiger partial charge in [-0.1, -0.05) is 11.6 Å². The predicted octanol–water partition coefficient (Wildman–Crippen LogP) is 3.10. The molecule has 8 heteroatoms. The van der Waals surface area contributed by atoms with Crippen molar-refractivity contribution in [3.8, 4) is 5.75 Å². The van der Waals surface area contributed by atoms with Crippen molar-refractivity contribution in [1.29, 1.82) is 0 Å². The molecule has 0 unspecified atom stereocenters. The number of hydrogen-bond donors (Lipinski definition) is 2. The van der Waals surface area contributed by atoms with E-state index in [0.717, 1.165) is 6.07 Å². The third-order valence-electron chi connectivity index (χ3n) is 2.29. The maximum Gasteiger partial charge on any atom is 0.417 e. The minimum absolute atomic E-state index is 0.0577. The minimum atomic E-state index is -4.59. The van der Waals surface area contributed by atoms with Crippen LogP contribution in [0, 0.1) is 0 Å². The first-order valence-corrected chi connectivity index (χ1v) is 5.72. The molecule has 4 nitrogen and oxygen atoms in total. The molecule has 0 aliphatic rings. The maximum atomic E-state index is 12.6.